The van der Waals surface area contributed by atoms with Crippen molar-refractivity contribution in [3.63, 3.8) is 0 Å². The number of alkyl halides is 1. The summed E-state index contributed by atoms with van der Waals surface area (Å²) >= 11 is 0. The number of aliphatic hydroxyl groups is 1. The average Bonchev–Trinajstić information content (AvgIpc) is 2.36. The molecule has 3 nitrogen and oxygen atoms in total. The zero-order valence-electron chi connectivity index (χ0n) is 12.1. The lowest BCUT2D eigenvalue weighted by Crippen LogP contribution is -2.53. The summed E-state index contributed by atoms with van der Waals surface area (Å²) in [6.07, 6.45) is -1.79. The lowest BCUT2D eigenvalue weighted by molar-refractivity contribution is 0.102. The minimum atomic E-state index is -1.79. The monoisotopic (exact) mass is 305 g/mol. The third kappa shape index (κ3) is 3.62. The van der Waals surface area contributed by atoms with E-state index in [1.807, 2.05) is 0 Å². The Morgan fingerprint density at radius 2 is 1.85 bits per heavy atom. The highest BCUT2D eigenvalue weighted by atomic mass is 32.2. The van der Waals surface area contributed by atoms with Crippen molar-refractivity contribution in [1.82, 2.24) is 4.72 Å². The van der Waals surface area contributed by atoms with Gasteiger partial charge in [-0.15, -0.1) is 0 Å². The van der Waals surface area contributed by atoms with E-state index < -0.39 is 39.9 Å². The highest BCUT2D eigenvalue weighted by molar-refractivity contribution is 7.84. The van der Waals surface area contributed by atoms with E-state index in [4.69, 9.17) is 5.11 Å². The summed E-state index contributed by atoms with van der Waals surface area (Å²) in [6, 6.07) is 5.69. The Hall–Kier alpha value is -0.850. The fourth-order valence-electron chi connectivity index (χ4n) is 1.70. The van der Waals surface area contributed by atoms with Gasteiger partial charge in [-0.3, -0.25) is 0 Å². The topological polar surface area (TPSA) is 49.3 Å². The first-order valence-corrected chi connectivity index (χ1v) is 7.47. The zero-order chi connectivity index (χ0) is 15.6. The van der Waals surface area contributed by atoms with Gasteiger partial charge in [-0.05, 0) is 33.8 Å². The second-order valence-corrected chi connectivity index (χ2v) is 7.78. The number of aliphatic hydroxyl groups excluding tert-OH is 1. The number of halogens is 2. The Morgan fingerprint density at radius 3 is 2.30 bits per heavy atom. The Labute approximate surface area is 121 Å². The van der Waals surface area contributed by atoms with Gasteiger partial charge < -0.3 is 5.11 Å². The van der Waals surface area contributed by atoms with E-state index in [1.54, 1.807) is 26.8 Å². The molecule has 0 heterocycles. The van der Waals surface area contributed by atoms with Gasteiger partial charge in [0, 0.05) is 5.56 Å². The minimum Gasteiger partial charge on any atom is -0.393 e. The summed E-state index contributed by atoms with van der Waals surface area (Å²) in [7, 11) is -1.61. The molecule has 1 aromatic rings. The molecule has 0 aliphatic carbocycles. The number of nitrogens with one attached hydrogen (secondary N) is 1. The third-order valence-corrected chi connectivity index (χ3v) is 4.80. The Balaban J connectivity index is 3.25. The summed E-state index contributed by atoms with van der Waals surface area (Å²) in [4.78, 5) is 0. The molecule has 0 saturated heterocycles. The van der Waals surface area contributed by atoms with Crippen molar-refractivity contribution in [3.8, 4) is 0 Å². The molecule has 0 amide bonds. The van der Waals surface area contributed by atoms with E-state index in [9.17, 15) is 13.0 Å². The van der Waals surface area contributed by atoms with Crippen molar-refractivity contribution in [3.05, 3.63) is 35.6 Å². The second kappa shape index (κ2) is 6.28. The average molecular weight is 305 g/mol. The van der Waals surface area contributed by atoms with Gasteiger partial charge in [0.15, 0.2) is 0 Å². The van der Waals surface area contributed by atoms with Crippen LogP contribution in [0.25, 0.3) is 0 Å². The van der Waals surface area contributed by atoms with Crippen molar-refractivity contribution < 1.29 is 18.1 Å². The predicted molar refractivity (Wildman–Crippen MR) is 76.8 cm³/mol. The van der Waals surface area contributed by atoms with Gasteiger partial charge in [0.25, 0.3) is 0 Å². The summed E-state index contributed by atoms with van der Waals surface area (Å²) in [6.45, 7) is 5.79. The molecular weight excluding hydrogens is 284 g/mol. The Kier molecular flexibility index (Phi) is 5.40. The molecule has 0 aliphatic heterocycles. The first-order valence-electron chi connectivity index (χ1n) is 6.32. The van der Waals surface area contributed by atoms with Gasteiger partial charge in [-0.1, -0.05) is 18.2 Å². The van der Waals surface area contributed by atoms with E-state index in [2.05, 4.69) is 4.72 Å². The van der Waals surface area contributed by atoms with Crippen LogP contribution in [-0.4, -0.2) is 26.8 Å². The van der Waals surface area contributed by atoms with E-state index in [1.165, 1.54) is 25.1 Å². The second-order valence-electron chi connectivity index (χ2n) is 5.82. The van der Waals surface area contributed by atoms with E-state index in [0.717, 1.165) is 0 Å². The number of hydrogen-bond donors (Lipinski definition) is 2. The highest BCUT2D eigenvalue weighted by Gasteiger charge is 2.41. The van der Waals surface area contributed by atoms with Crippen LogP contribution in [0.5, 0.6) is 0 Å². The lowest BCUT2D eigenvalue weighted by atomic mass is 9.88. The van der Waals surface area contributed by atoms with E-state index in [-0.39, 0.29) is 5.56 Å². The zero-order valence-corrected chi connectivity index (χ0v) is 12.9. The van der Waals surface area contributed by atoms with Gasteiger partial charge in [0.2, 0.25) is 0 Å². The smallest absolute Gasteiger partial charge is 0.146 e. The molecule has 1 rings (SSSR count). The molecule has 0 radical (unpaired) electrons. The molecule has 0 aliphatic rings. The van der Waals surface area contributed by atoms with E-state index >= 15 is 0 Å². The molecule has 1 unspecified atom stereocenters. The van der Waals surface area contributed by atoms with Crippen LogP contribution >= 0.6 is 0 Å². The van der Waals surface area contributed by atoms with Crippen molar-refractivity contribution in [2.45, 2.75) is 44.2 Å². The Morgan fingerprint density at radius 1 is 1.30 bits per heavy atom. The molecule has 0 saturated carbocycles. The van der Waals surface area contributed by atoms with Crippen molar-refractivity contribution in [2.24, 2.45) is 0 Å². The number of rotatable bonds is 5. The minimum absolute atomic E-state index is 0.0409. The fourth-order valence-corrected chi connectivity index (χ4v) is 2.63. The van der Waals surface area contributed by atoms with E-state index in [0.29, 0.717) is 0 Å². The number of hydrogen-bond acceptors (Lipinski definition) is 2. The third-order valence-electron chi connectivity index (χ3n) is 3.08. The van der Waals surface area contributed by atoms with Crippen LogP contribution in [-0.2, 0) is 16.5 Å². The summed E-state index contributed by atoms with van der Waals surface area (Å²) in [5.74, 6) is -0.607. The fraction of sp³-hybridized carbons (Fsp3) is 0.571. The Bertz CT molecular complexity index is 490. The molecule has 3 atom stereocenters. The molecule has 1 aromatic carbocycles. The van der Waals surface area contributed by atoms with Gasteiger partial charge in [0.1, 0.15) is 12.0 Å². The van der Waals surface area contributed by atoms with Crippen LogP contribution in [0.15, 0.2) is 24.3 Å². The standard InChI is InChI=1S/C14H21F2NO2S/c1-13(2,3)20(19)17-14(4,12(16)9-18)10-7-5-6-8-11(10)15/h5-8,12,17-18H,9H2,1-4H3/t12-,14-,20?/m1/s1. The van der Waals surface area contributed by atoms with Gasteiger partial charge in [-0.2, -0.15) is 0 Å². The quantitative estimate of drug-likeness (QED) is 0.878. The molecule has 0 aromatic heterocycles. The van der Waals surface area contributed by atoms with Crippen LogP contribution in [0.1, 0.15) is 33.3 Å². The highest BCUT2D eigenvalue weighted by Crippen LogP contribution is 2.30. The van der Waals surface area contributed by atoms with Crippen LogP contribution in [0.2, 0.25) is 0 Å². The lowest BCUT2D eigenvalue weighted by Gasteiger charge is -2.35. The molecule has 20 heavy (non-hydrogen) atoms. The number of benzene rings is 1. The molecule has 0 bridgehead atoms. The maximum atomic E-state index is 14.2. The molecule has 2 N–H and O–H groups in total. The normalized spacial score (nSPS) is 18.4. The van der Waals surface area contributed by atoms with Crippen LogP contribution < -0.4 is 4.72 Å². The molecule has 114 valence electrons. The van der Waals surface area contributed by atoms with Crippen LogP contribution in [0.4, 0.5) is 8.78 Å². The van der Waals surface area contributed by atoms with Crippen LogP contribution in [0, 0.1) is 5.82 Å². The van der Waals surface area contributed by atoms with Gasteiger partial charge >= 0.3 is 0 Å². The molecule has 0 fully saturated rings. The summed E-state index contributed by atoms with van der Waals surface area (Å²) < 4.78 is 42.3. The first-order chi connectivity index (χ1) is 9.13. The van der Waals surface area contributed by atoms with Crippen LogP contribution in [0.3, 0.4) is 0 Å². The molecular formula is C14H21F2NO2S. The molecule has 6 heteroatoms. The van der Waals surface area contributed by atoms with Crippen molar-refractivity contribution in [1.29, 1.82) is 0 Å². The van der Waals surface area contributed by atoms with Crippen molar-refractivity contribution in [2.75, 3.05) is 6.61 Å². The first kappa shape index (κ1) is 17.2. The maximum Gasteiger partial charge on any atom is 0.146 e. The van der Waals surface area contributed by atoms with Gasteiger partial charge in [-0.25, -0.2) is 17.7 Å². The SMILES string of the molecule is CC(C)(C)S(=O)N[C@](C)(c1ccccc1F)[C@H](F)CO. The van der Waals surface area contributed by atoms with Crippen molar-refractivity contribution >= 4 is 11.0 Å². The summed E-state index contributed by atoms with van der Waals surface area (Å²) in [5, 5.41) is 9.10. The maximum absolute atomic E-state index is 14.2. The molecule has 0 spiro atoms. The van der Waals surface area contributed by atoms with Gasteiger partial charge in [0.05, 0.1) is 27.9 Å². The predicted octanol–water partition coefficient (Wildman–Crippen LogP) is 2.42. The summed E-state index contributed by atoms with van der Waals surface area (Å²) in [5.41, 5.74) is -1.53. The largest absolute Gasteiger partial charge is 0.393 e.